The molecule has 5 nitrogen and oxygen atoms in total. The highest BCUT2D eigenvalue weighted by molar-refractivity contribution is 8.01. The van der Waals surface area contributed by atoms with E-state index in [9.17, 15) is 9.59 Å². The normalized spacial score (nSPS) is 11.7. The van der Waals surface area contributed by atoms with Crippen molar-refractivity contribution in [3.8, 4) is 11.3 Å². The fraction of sp³-hybridized carbons (Fsp3) is 0.227. The monoisotopic (exact) mass is 425 g/mol. The first kappa shape index (κ1) is 21.1. The molecule has 0 fully saturated rings. The second-order valence-electron chi connectivity index (χ2n) is 6.69. The Hall–Kier alpha value is -2.64. The van der Waals surface area contributed by atoms with Crippen molar-refractivity contribution in [3.05, 3.63) is 64.5 Å². The second kappa shape index (κ2) is 9.71. The van der Waals surface area contributed by atoms with E-state index in [2.05, 4.69) is 15.6 Å². The van der Waals surface area contributed by atoms with Crippen molar-refractivity contribution in [1.29, 1.82) is 0 Å². The molecule has 1 unspecified atom stereocenters. The number of nitrogens with one attached hydrogen (secondary N) is 2. The Labute approximate surface area is 179 Å². The topological polar surface area (TPSA) is 71.1 Å². The molecule has 0 saturated carbocycles. The van der Waals surface area contributed by atoms with E-state index in [0.29, 0.717) is 0 Å². The standard InChI is InChI=1S/C22H23N3O2S2/c1-14-4-8-18(9-5-14)24-21(26)13-28-15(2)22(27)25-19-10-6-17(7-11-19)20-12-29-16(3)23-20/h4-12,15H,13H2,1-3H3,(H,24,26)(H,25,27). The van der Waals surface area contributed by atoms with Crippen molar-refractivity contribution in [2.24, 2.45) is 0 Å². The van der Waals surface area contributed by atoms with Crippen molar-refractivity contribution >= 4 is 46.3 Å². The van der Waals surface area contributed by atoms with Crippen LogP contribution in [0.1, 0.15) is 17.5 Å². The number of thioether (sulfide) groups is 1. The lowest BCUT2D eigenvalue weighted by molar-refractivity contribution is -0.115. The van der Waals surface area contributed by atoms with Crippen molar-refractivity contribution in [2.75, 3.05) is 16.4 Å². The van der Waals surface area contributed by atoms with E-state index in [1.165, 1.54) is 11.8 Å². The highest BCUT2D eigenvalue weighted by Gasteiger charge is 2.16. The predicted octanol–water partition coefficient (Wildman–Crippen LogP) is 5.13. The van der Waals surface area contributed by atoms with Crippen LogP contribution in [0.25, 0.3) is 11.3 Å². The van der Waals surface area contributed by atoms with Crippen LogP contribution in [0, 0.1) is 13.8 Å². The Bertz CT molecular complexity index is 982. The van der Waals surface area contributed by atoms with Gasteiger partial charge in [0.25, 0.3) is 0 Å². The van der Waals surface area contributed by atoms with Crippen LogP contribution in [-0.2, 0) is 9.59 Å². The SMILES string of the molecule is Cc1ccc(NC(=O)CSC(C)C(=O)Nc2ccc(-c3csc(C)n3)cc2)cc1. The molecule has 0 aliphatic heterocycles. The molecule has 3 rings (SSSR count). The van der Waals surface area contributed by atoms with E-state index in [0.717, 1.165) is 33.2 Å². The molecular weight excluding hydrogens is 402 g/mol. The van der Waals surface area contributed by atoms with Crippen molar-refractivity contribution in [3.63, 3.8) is 0 Å². The first-order valence-corrected chi connectivity index (χ1v) is 11.1. The van der Waals surface area contributed by atoms with E-state index in [1.807, 2.05) is 67.8 Å². The molecule has 0 aliphatic rings. The molecule has 0 saturated heterocycles. The summed E-state index contributed by atoms with van der Waals surface area (Å²) < 4.78 is 0. The van der Waals surface area contributed by atoms with E-state index >= 15 is 0 Å². The first-order valence-electron chi connectivity index (χ1n) is 9.22. The van der Waals surface area contributed by atoms with Crippen molar-refractivity contribution in [2.45, 2.75) is 26.0 Å². The van der Waals surface area contributed by atoms with Gasteiger partial charge in [-0.2, -0.15) is 0 Å². The molecule has 0 bridgehead atoms. The quantitative estimate of drug-likeness (QED) is 0.551. The summed E-state index contributed by atoms with van der Waals surface area (Å²) in [4.78, 5) is 29.0. The number of thiazole rings is 1. The molecule has 2 amide bonds. The van der Waals surface area contributed by atoms with E-state index in [-0.39, 0.29) is 22.8 Å². The molecule has 2 aromatic carbocycles. The Morgan fingerprint density at radius 2 is 1.62 bits per heavy atom. The zero-order valence-electron chi connectivity index (χ0n) is 16.6. The number of rotatable bonds is 7. The summed E-state index contributed by atoms with van der Waals surface area (Å²) in [7, 11) is 0. The largest absolute Gasteiger partial charge is 0.325 e. The summed E-state index contributed by atoms with van der Waals surface area (Å²) in [6.07, 6.45) is 0. The maximum absolute atomic E-state index is 12.4. The van der Waals surface area contributed by atoms with Crippen LogP contribution in [0.3, 0.4) is 0 Å². The van der Waals surface area contributed by atoms with Gasteiger partial charge < -0.3 is 10.6 Å². The molecule has 0 spiro atoms. The number of amides is 2. The summed E-state index contributed by atoms with van der Waals surface area (Å²) in [5, 5.41) is 8.43. The van der Waals surface area contributed by atoms with Gasteiger partial charge in [0.05, 0.1) is 21.7 Å². The van der Waals surface area contributed by atoms with Gasteiger partial charge in [0.1, 0.15) is 0 Å². The van der Waals surface area contributed by atoms with Crippen molar-refractivity contribution < 1.29 is 9.59 Å². The van der Waals surface area contributed by atoms with Crippen LogP contribution >= 0.6 is 23.1 Å². The smallest absolute Gasteiger partial charge is 0.237 e. The summed E-state index contributed by atoms with van der Waals surface area (Å²) in [5.74, 6) is -0.0401. The third-order valence-corrected chi connectivity index (χ3v) is 6.15. The van der Waals surface area contributed by atoms with E-state index in [1.54, 1.807) is 18.3 Å². The van der Waals surface area contributed by atoms with Gasteiger partial charge in [-0.3, -0.25) is 9.59 Å². The van der Waals surface area contributed by atoms with Gasteiger partial charge in [0.15, 0.2) is 0 Å². The van der Waals surface area contributed by atoms with Gasteiger partial charge in [-0.25, -0.2) is 4.98 Å². The minimum Gasteiger partial charge on any atom is -0.325 e. The summed E-state index contributed by atoms with van der Waals surface area (Å²) in [5.41, 5.74) is 4.57. The average Bonchev–Trinajstić information content (AvgIpc) is 3.14. The summed E-state index contributed by atoms with van der Waals surface area (Å²) in [6.45, 7) is 5.77. The zero-order chi connectivity index (χ0) is 20.8. The molecular formula is C22H23N3O2S2. The van der Waals surface area contributed by atoms with Gasteiger partial charge in [-0.05, 0) is 45.0 Å². The van der Waals surface area contributed by atoms with E-state index in [4.69, 9.17) is 0 Å². The molecule has 1 atom stereocenters. The number of anilines is 2. The fourth-order valence-corrected chi connectivity index (χ4v) is 3.88. The molecule has 150 valence electrons. The lowest BCUT2D eigenvalue weighted by atomic mass is 10.1. The minimum atomic E-state index is -0.348. The number of aryl methyl sites for hydroxylation is 2. The summed E-state index contributed by atoms with van der Waals surface area (Å²) in [6, 6.07) is 15.2. The van der Waals surface area contributed by atoms with Crippen molar-refractivity contribution in [1.82, 2.24) is 4.98 Å². The molecule has 1 heterocycles. The third-order valence-electron chi connectivity index (χ3n) is 4.24. The molecule has 1 aromatic heterocycles. The number of benzene rings is 2. The minimum absolute atomic E-state index is 0.124. The lowest BCUT2D eigenvalue weighted by Gasteiger charge is -2.12. The van der Waals surface area contributed by atoms with Gasteiger partial charge in [0.2, 0.25) is 11.8 Å². The predicted molar refractivity (Wildman–Crippen MR) is 123 cm³/mol. The van der Waals surface area contributed by atoms with Gasteiger partial charge >= 0.3 is 0 Å². The highest BCUT2D eigenvalue weighted by atomic mass is 32.2. The molecule has 0 aliphatic carbocycles. The maximum atomic E-state index is 12.4. The molecule has 2 N–H and O–H groups in total. The second-order valence-corrected chi connectivity index (χ2v) is 9.08. The molecule has 29 heavy (non-hydrogen) atoms. The van der Waals surface area contributed by atoms with Crippen LogP contribution in [0.5, 0.6) is 0 Å². The van der Waals surface area contributed by atoms with Gasteiger partial charge in [-0.15, -0.1) is 23.1 Å². The molecule has 0 radical (unpaired) electrons. The van der Waals surface area contributed by atoms with E-state index < -0.39 is 0 Å². The lowest BCUT2D eigenvalue weighted by Crippen LogP contribution is -2.25. The third kappa shape index (κ3) is 6.17. The van der Waals surface area contributed by atoms with Gasteiger partial charge in [-0.1, -0.05) is 29.8 Å². The number of carbonyl (C=O) groups excluding carboxylic acids is 2. The maximum Gasteiger partial charge on any atom is 0.237 e. The van der Waals surface area contributed by atoms with Gasteiger partial charge in [0, 0.05) is 22.3 Å². The average molecular weight is 426 g/mol. The van der Waals surface area contributed by atoms with Crippen LogP contribution in [-0.4, -0.2) is 27.8 Å². The summed E-state index contributed by atoms with van der Waals surface area (Å²) >= 11 is 2.91. The Morgan fingerprint density at radius 1 is 1.00 bits per heavy atom. The van der Waals surface area contributed by atoms with Crippen LogP contribution in [0.4, 0.5) is 11.4 Å². The molecule has 3 aromatic rings. The number of hydrogen-bond acceptors (Lipinski definition) is 5. The zero-order valence-corrected chi connectivity index (χ0v) is 18.2. The number of carbonyl (C=O) groups is 2. The van der Waals surface area contributed by atoms with Crippen LogP contribution in [0.15, 0.2) is 53.9 Å². The fourth-order valence-electron chi connectivity index (χ4n) is 2.57. The Balaban J connectivity index is 1.47. The number of hydrogen-bond donors (Lipinski definition) is 2. The Kier molecular flexibility index (Phi) is 7.06. The number of aromatic nitrogens is 1. The molecule has 7 heteroatoms. The van der Waals surface area contributed by atoms with Crippen LogP contribution < -0.4 is 10.6 Å². The van der Waals surface area contributed by atoms with Crippen LogP contribution in [0.2, 0.25) is 0 Å². The Morgan fingerprint density at radius 3 is 2.24 bits per heavy atom. The highest BCUT2D eigenvalue weighted by Crippen LogP contribution is 2.23. The first-order chi connectivity index (χ1) is 13.9. The number of nitrogens with zero attached hydrogens (tertiary/aromatic N) is 1.